The van der Waals surface area contributed by atoms with Crippen molar-refractivity contribution in [3.63, 3.8) is 0 Å². The zero-order chi connectivity index (χ0) is 15.6. The Balaban J connectivity index is 2.53. The van der Waals surface area contributed by atoms with E-state index in [1.54, 1.807) is 13.0 Å². The number of oxime groups is 1. The van der Waals surface area contributed by atoms with Crippen molar-refractivity contribution >= 4 is 5.84 Å². The van der Waals surface area contributed by atoms with Gasteiger partial charge in [0, 0.05) is 5.69 Å². The average molecular weight is 289 g/mol. The third kappa shape index (κ3) is 3.10. The zero-order valence-electron chi connectivity index (χ0n) is 12.0. The number of amidine groups is 1. The number of halogens is 1. The van der Waals surface area contributed by atoms with E-state index in [0.29, 0.717) is 16.9 Å². The number of nitrogens with zero attached hydrogens (tertiary/aromatic N) is 2. The molecule has 0 aliphatic heterocycles. The van der Waals surface area contributed by atoms with Crippen LogP contribution in [0.15, 0.2) is 29.4 Å². The average Bonchev–Trinajstić information content (AvgIpc) is 2.40. The fourth-order valence-electron chi connectivity index (χ4n) is 2.07. The largest absolute Gasteiger partial charge is 0.438 e. The molecule has 0 radical (unpaired) electrons. The lowest BCUT2D eigenvalue weighted by Crippen LogP contribution is -2.17. The summed E-state index contributed by atoms with van der Waals surface area (Å²) in [4.78, 5) is 4.27. The summed E-state index contributed by atoms with van der Waals surface area (Å²) in [6.07, 6.45) is 0. The van der Waals surface area contributed by atoms with E-state index in [9.17, 15) is 4.39 Å². The summed E-state index contributed by atoms with van der Waals surface area (Å²) in [5, 5.41) is 11.9. The number of hydrogen-bond acceptors (Lipinski definition) is 4. The van der Waals surface area contributed by atoms with Crippen molar-refractivity contribution in [2.24, 2.45) is 10.9 Å². The van der Waals surface area contributed by atoms with Gasteiger partial charge in [-0.1, -0.05) is 5.16 Å². The smallest absolute Gasteiger partial charge is 0.230 e. The van der Waals surface area contributed by atoms with Crippen LogP contribution in [0.25, 0.3) is 0 Å². The molecule has 0 aliphatic rings. The van der Waals surface area contributed by atoms with Crippen LogP contribution in [-0.4, -0.2) is 16.0 Å². The standard InChI is InChI=1S/C15H16FN3O2/c1-8-7-11(16)4-5-12(8)21-15-13(14(17)19-20)9(2)6-10(3)18-15/h4-7,20H,1-3H3,(H2,17,19). The SMILES string of the molecule is Cc1cc(C)c(/C(N)=N/O)c(Oc2ccc(F)cc2C)n1. The number of nitrogens with two attached hydrogens (primary N) is 1. The lowest BCUT2D eigenvalue weighted by molar-refractivity contribution is 0.318. The molecule has 1 aromatic heterocycles. The van der Waals surface area contributed by atoms with Gasteiger partial charge in [0.1, 0.15) is 11.6 Å². The van der Waals surface area contributed by atoms with Crippen molar-refractivity contribution < 1.29 is 14.3 Å². The first-order chi connectivity index (χ1) is 9.92. The van der Waals surface area contributed by atoms with Crippen LogP contribution >= 0.6 is 0 Å². The quantitative estimate of drug-likeness (QED) is 0.394. The Morgan fingerprint density at radius 1 is 1.24 bits per heavy atom. The molecule has 0 fully saturated rings. The summed E-state index contributed by atoms with van der Waals surface area (Å²) in [5.41, 5.74) is 8.22. The maximum Gasteiger partial charge on any atom is 0.230 e. The Hall–Kier alpha value is -2.63. The van der Waals surface area contributed by atoms with Crippen LogP contribution in [0, 0.1) is 26.6 Å². The van der Waals surface area contributed by atoms with E-state index >= 15 is 0 Å². The van der Waals surface area contributed by atoms with Crippen molar-refractivity contribution in [1.82, 2.24) is 4.98 Å². The lowest BCUT2D eigenvalue weighted by Gasteiger charge is -2.14. The van der Waals surface area contributed by atoms with Gasteiger partial charge in [-0.15, -0.1) is 0 Å². The van der Waals surface area contributed by atoms with E-state index in [-0.39, 0.29) is 17.5 Å². The molecule has 0 aliphatic carbocycles. The van der Waals surface area contributed by atoms with Crippen molar-refractivity contribution in [3.8, 4) is 11.6 Å². The molecule has 2 aromatic rings. The van der Waals surface area contributed by atoms with Crippen molar-refractivity contribution in [3.05, 3.63) is 52.5 Å². The fourth-order valence-corrected chi connectivity index (χ4v) is 2.07. The highest BCUT2D eigenvalue weighted by molar-refractivity contribution is 6.00. The highest BCUT2D eigenvalue weighted by Gasteiger charge is 2.16. The summed E-state index contributed by atoms with van der Waals surface area (Å²) in [6.45, 7) is 5.35. The first-order valence-electron chi connectivity index (χ1n) is 6.32. The topological polar surface area (TPSA) is 80.7 Å². The number of pyridine rings is 1. The molecule has 0 saturated carbocycles. The number of aryl methyl sites for hydroxylation is 3. The molecular weight excluding hydrogens is 273 g/mol. The van der Waals surface area contributed by atoms with Crippen LogP contribution in [0.5, 0.6) is 11.6 Å². The Morgan fingerprint density at radius 3 is 2.57 bits per heavy atom. The molecule has 21 heavy (non-hydrogen) atoms. The van der Waals surface area contributed by atoms with Gasteiger partial charge in [-0.3, -0.25) is 0 Å². The summed E-state index contributed by atoms with van der Waals surface area (Å²) < 4.78 is 18.9. The van der Waals surface area contributed by atoms with Crippen LogP contribution < -0.4 is 10.5 Å². The monoisotopic (exact) mass is 289 g/mol. The van der Waals surface area contributed by atoms with Gasteiger partial charge in [-0.05, 0) is 56.2 Å². The van der Waals surface area contributed by atoms with Crippen LogP contribution in [0.4, 0.5) is 4.39 Å². The van der Waals surface area contributed by atoms with Crippen LogP contribution in [0.3, 0.4) is 0 Å². The minimum Gasteiger partial charge on any atom is -0.438 e. The Morgan fingerprint density at radius 2 is 1.95 bits per heavy atom. The second kappa shape index (κ2) is 5.78. The predicted molar refractivity (Wildman–Crippen MR) is 77.4 cm³/mol. The molecular formula is C15H16FN3O2. The second-order valence-corrected chi connectivity index (χ2v) is 4.76. The first kappa shape index (κ1) is 14.8. The normalized spacial score (nSPS) is 11.5. The van der Waals surface area contributed by atoms with Crippen LogP contribution in [-0.2, 0) is 0 Å². The molecule has 0 saturated heterocycles. The van der Waals surface area contributed by atoms with E-state index in [1.807, 2.05) is 13.8 Å². The summed E-state index contributed by atoms with van der Waals surface area (Å²) in [6, 6.07) is 5.98. The molecule has 0 bridgehead atoms. The van der Waals surface area contributed by atoms with E-state index in [1.165, 1.54) is 18.2 Å². The molecule has 0 spiro atoms. The Kier molecular flexibility index (Phi) is 4.07. The number of ether oxygens (including phenoxy) is 1. The van der Waals surface area contributed by atoms with Crippen molar-refractivity contribution in [1.29, 1.82) is 0 Å². The molecule has 2 rings (SSSR count). The van der Waals surface area contributed by atoms with Crippen LogP contribution in [0.2, 0.25) is 0 Å². The maximum absolute atomic E-state index is 13.1. The van der Waals surface area contributed by atoms with Gasteiger partial charge >= 0.3 is 0 Å². The summed E-state index contributed by atoms with van der Waals surface area (Å²) in [5.74, 6) is 0.248. The second-order valence-electron chi connectivity index (χ2n) is 4.76. The minimum atomic E-state index is -0.343. The number of aromatic nitrogens is 1. The molecule has 5 nitrogen and oxygen atoms in total. The molecule has 0 atom stereocenters. The van der Waals surface area contributed by atoms with Gasteiger partial charge in [-0.25, -0.2) is 9.37 Å². The highest BCUT2D eigenvalue weighted by atomic mass is 19.1. The van der Waals surface area contributed by atoms with E-state index < -0.39 is 0 Å². The third-order valence-corrected chi connectivity index (χ3v) is 3.02. The van der Waals surface area contributed by atoms with Gasteiger partial charge in [0.25, 0.3) is 0 Å². The lowest BCUT2D eigenvalue weighted by atomic mass is 10.1. The summed E-state index contributed by atoms with van der Waals surface area (Å²) in [7, 11) is 0. The maximum atomic E-state index is 13.1. The van der Waals surface area contributed by atoms with Gasteiger partial charge in [0.05, 0.1) is 5.56 Å². The molecule has 1 heterocycles. The summed E-state index contributed by atoms with van der Waals surface area (Å²) >= 11 is 0. The number of rotatable bonds is 3. The Bertz CT molecular complexity index is 714. The van der Waals surface area contributed by atoms with E-state index in [2.05, 4.69) is 10.1 Å². The molecule has 1 aromatic carbocycles. The molecule has 6 heteroatoms. The number of hydrogen-bond donors (Lipinski definition) is 2. The van der Waals surface area contributed by atoms with Gasteiger partial charge < -0.3 is 15.7 Å². The van der Waals surface area contributed by atoms with Crippen LogP contribution in [0.1, 0.15) is 22.4 Å². The minimum absolute atomic E-state index is 0.0882. The van der Waals surface area contributed by atoms with Crippen molar-refractivity contribution in [2.45, 2.75) is 20.8 Å². The molecule has 0 amide bonds. The molecule has 0 unspecified atom stereocenters. The van der Waals surface area contributed by atoms with Gasteiger partial charge in [0.15, 0.2) is 5.84 Å². The van der Waals surface area contributed by atoms with Crippen molar-refractivity contribution in [2.75, 3.05) is 0 Å². The highest BCUT2D eigenvalue weighted by Crippen LogP contribution is 2.28. The number of benzene rings is 1. The third-order valence-electron chi connectivity index (χ3n) is 3.02. The fraction of sp³-hybridized carbons (Fsp3) is 0.200. The van der Waals surface area contributed by atoms with Gasteiger partial charge in [0.2, 0.25) is 5.88 Å². The van der Waals surface area contributed by atoms with E-state index in [0.717, 1.165) is 11.3 Å². The van der Waals surface area contributed by atoms with Gasteiger partial charge in [-0.2, -0.15) is 0 Å². The predicted octanol–water partition coefficient (Wildman–Crippen LogP) is 3.03. The Labute approximate surface area is 121 Å². The van der Waals surface area contributed by atoms with E-state index in [4.69, 9.17) is 15.7 Å². The first-order valence-corrected chi connectivity index (χ1v) is 6.32. The zero-order valence-corrected chi connectivity index (χ0v) is 12.0. The molecule has 3 N–H and O–H groups in total. The molecule has 110 valence electrons.